The van der Waals surface area contributed by atoms with Crippen LogP contribution < -0.4 is 10.1 Å². The molecule has 1 N–H and O–H groups in total. The summed E-state index contributed by atoms with van der Waals surface area (Å²) in [6, 6.07) is 17.3. The molecule has 5 nitrogen and oxygen atoms in total. The van der Waals surface area contributed by atoms with Gasteiger partial charge in [-0.25, -0.2) is 4.68 Å². The zero-order valence-electron chi connectivity index (χ0n) is 14.6. The molecule has 134 valence electrons. The standard InChI is InChI=1S/C20H20BrN3O2/c1-14-6-5-8-17(12-14)26-15(2)20(25)23-19-10-11-22-24(19)13-16-7-3-4-9-18(16)21/h3-12,15H,13H2,1-2H3,(H,23,25). The first-order chi connectivity index (χ1) is 12.5. The van der Waals surface area contributed by atoms with Gasteiger partial charge >= 0.3 is 0 Å². The predicted molar refractivity (Wildman–Crippen MR) is 105 cm³/mol. The fourth-order valence-electron chi connectivity index (χ4n) is 2.53. The number of anilines is 1. The highest BCUT2D eigenvalue weighted by molar-refractivity contribution is 9.10. The van der Waals surface area contributed by atoms with Crippen LogP contribution in [0, 0.1) is 6.92 Å². The maximum Gasteiger partial charge on any atom is 0.266 e. The maximum absolute atomic E-state index is 12.5. The Morgan fingerprint density at radius 1 is 1.23 bits per heavy atom. The molecule has 1 atom stereocenters. The molecule has 1 aromatic heterocycles. The average molecular weight is 414 g/mol. The summed E-state index contributed by atoms with van der Waals surface area (Å²) in [7, 11) is 0. The number of ether oxygens (including phenoxy) is 1. The monoisotopic (exact) mass is 413 g/mol. The minimum Gasteiger partial charge on any atom is -0.481 e. The Balaban J connectivity index is 1.66. The minimum atomic E-state index is -0.622. The van der Waals surface area contributed by atoms with Crippen molar-refractivity contribution in [3.63, 3.8) is 0 Å². The van der Waals surface area contributed by atoms with Gasteiger partial charge in [0.1, 0.15) is 11.6 Å². The number of hydrogen-bond donors (Lipinski definition) is 1. The number of rotatable bonds is 6. The zero-order valence-corrected chi connectivity index (χ0v) is 16.2. The second-order valence-corrected chi connectivity index (χ2v) is 6.89. The van der Waals surface area contributed by atoms with E-state index in [1.54, 1.807) is 23.9 Å². The predicted octanol–water partition coefficient (Wildman–Crippen LogP) is 4.41. The first-order valence-corrected chi connectivity index (χ1v) is 9.11. The van der Waals surface area contributed by atoms with Crippen molar-refractivity contribution in [2.45, 2.75) is 26.5 Å². The summed E-state index contributed by atoms with van der Waals surface area (Å²) in [5.74, 6) is 1.08. The number of hydrogen-bond acceptors (Lipinski definition) is 3. The highest BCUT2D eigenvalue weighted by atomic mass is 79.9. The van der Waals surface area contributed by atoms with Crippen molar-refractivity contribution < 1.29 is 9.53 Å². The maximum atomic E-state index is 12.5. The Bertz CT molecular complexity index is 907. The van der Waals surface area contributed by atoms with Crippen LogP contribution in [0.5, 0.6) is 5.75 Å². The fraction of sp³-hybridized carbons (Fsp3) is 0.200. The van der Waals surface area contributed by atoms with E-state index in [2.05, 4.69) is 26.3 Å². The number of halogens is 1. The van der Waals surface area contributed by atoms with Gasteiger partial charge in [-0.1, -0.05) is 46.3 Å². The van der Waals surface area contributed by atoms with Gasteiger partial charge in [-0.15, -0.1) is 0 Å². The van der Waals surface area contributed by atoms with E-state index in [4.69, 9.17) is 4.74 Å². The van der Waals surface area contributed by atoms with Crippen LogP contribution in [-0.2, 0) is 11.3 Å². The molecule has 1 amide bonds. The molecule has 0 aliphatic rings. The Morgan fingerprint density at radius 2 is 2.04 bits per heavy atom. The Labute approximate surface area is 161 Å². The van der Waals surface area contributed by atoms with Crippen molar-refractivity contribution in [1.82, 2.24) is 9.78 Å². The first-order valence-electron chi connectivity index (χ1n) is 8.32. The molecule has 26 heavy (non-hydrogen) atoms. The molecule has 6 heteroatoms. The van der Waals surface area contributed by atoms with E-state index in [1.165, 1.54) is 0 Å². The largest absolute Gasteiger partial charge is 0.481 e. The van der Waals surface area contributed by atoms with Crippen molar-refractivity contribution in [2.24, 2.45) is 0 Å². The van der Waals surface area contributed by atoms with Crippen molar-refractivity contribution in [3.05, 3.63) is 76.4 Å². The molecule has 0 fully saturated rings. The lowest BCUT2D eigenvalue weighted by Gasteiger charge is -2.16. The number of amides is 1. The third kappa shape index (κ3) is 4.52. The van der Waals surface area contributed by atoms with Crippen molar-refractivity contribution in [2.75, 3.05) is 5.32 Å². The van der Waals surface area contributed by atoms with Gasteiger partial charge in [0.25, 0.3) is 5.91 Å². The Hall–Kier alpha value is -2.60. The van der Waals surface area contributed by atoms with Gasteiger partial charge in [0, 0.05) is 10.5 Å². The van der Waals surface area contributed by atoms with Crippen LogP contribution in [-0.4, -0.2) is 21.8 Å². The smallest absolute Gasteiger partial charge is 0.266 e. The number of aryl methyl sites for hydroxylation is 1. The topological polar surface area (TPSA) is 56.1 Å². The summed E-state index contributed by atoms with van der Waals surface area (Å²) in [5, 5.41) is 7.19. The van der Waals surface area contributed by atoms with E-state index >= 15 is 0 Å². The number of nitrogens with zero attached hydrogens (tertiary/aromatic N) is 2. The van der Waals surface area contributed by atoms with Crippen LogP contribution in [0.25, 0.3) is 0 Å². The second-order valence-electron chi connectivity index (χ2n) is 6.03. The van der Waals surface area contributed by atoms with Gasteiger partial charge in [0.05, 0.1) is 12.7 Å². The second kappa shape index (κ2) is 8.19. The number of benzene rings is 2. The number of carbonyl (C=O) groups excluding carboxylic acids is 1. The molecule has 0 radical (unpaired) electrons. The summed E-state index contributed by atoms with van der Waals surface area (Å²) in [5.41, 5.74) is 2.16. The van der Waals surface area contributed by atoms with Crippen molar-refractivity contribution >= 4 is 27.7 Å². The van der Waals surface area contributed by atoms with Gasteiger partial charge in [0.2, 0.25) is 0 Å². The molecule has 3 aromatic rings. The van der Waals surface area contributed by atoms with E-state index in [1.807, 2.05) is 55.5 Å². The van der Waals surface area contributed by atoms with Crippen LogP contribution in [0.2, 0.25) is 0 Å². The molecule has 0 aliphatic carbocycles. The third-order valence-electron chi connectivity index (χ3n) is 3.92. The summed E-state index contributed by atoms with van der Waals surface area (Å²) >= 11 is 3.54. The molecule has 2 aromatic carbocycles. The number of aromatic nitrogens is 2. The highest BCUT2D eigenvalue weighted by Gasteiger charge is 2.17. The van der Waals surface area contributed by atoms with Crippen LogP contribution in [0.3, 0.4) is 0 Å². The Morgan fingerprint density at radius 3 is 2.81 bits per heavy atom. The van der Waals surface area contributed by atoms with E-state index in [-0.39, 0.29) is 5.91 Å². The highest BCUT2D eigenvalue weighted by Crippen LogP contribution is 2.19. The molecule has 0 saturated carbocycles. The van der Waals surface area contributed by atoms with Crippen LogP contribution in [0.4, 0.5) is 5.82 Å². The molecule has 1 heterocycles. The van der Waals surface area contributed by atoms with Gasteiger partial charge in [-0.3, -0.25) is 4.79 Å². The lowest BCUT2D eigenvalue weighted by Crippen LogP contribution is -2.31. The normalized spacial score (nSPS) is 11.8. The summed E-state index contributed by atoms with van der Waals surface area (Å²) in [6.45, 7) is 4.27. The van der Waals surface area contributed by atoms with E-state index < -0.39 is 6.10 Å². The molecule has 0 spiro atoms. The summed E-state index contributed by atoms with van der Waals surface area (Å²) in [6.07, 6.45) is 1.04. The summed E-state index contributed by atoms with van der Waals surface area (Å²) < 4.78 is 8.48. The number of carbonyl (C=O) groups is 1. The van der Waals surface area contributed by atoms with Gasteiger partial charge in [-0.05, 0) is 43.2 Å². The molecule has 0 aliphatic heterocycles. The molecule has 0 saturated heterocycles. The lowest BCUT2D eigenvalue weighted by molar-refractivity contribution is -0.122. The zero-order chi connectivity index (χ0) is 18.5. The molecule has 1 unspecified atom stereocenters. The van der Waals surface area contributed by atoms with Gasteiger partial charge in [0.15, 0.2) is 6.10 Å². The third-order valence-corrected chi connectivity index (χ3v) is 4.69. The van der Waals surface area contributed by atoms with Crippen LogP contribution in [0.1, 0.15) is 18.1 Å². The van der Waals surface area contributed by atoms with Crippen molar-refractivity contribution in [3.8, 4) is 5.75 Å². The van der Waals surface area contributed by atoms with Crippen LogP contribution >= 0.6 is 15.9 Å². The fourth-order valence-corrected chi connectivity index (χ4v) is 2.94. The van der Waals surface area contributed by atoms with E-state index in [0.29, 0.717) is 18.1 Å². The number of nitrogens with one attached hydrogen (secondary N) is 1. The van der Waals surface area contributed by atoms with Crippen molar-refractivity contribution in [1.29, 1.82) is 0 Å². The minimum absolute atomic E-state index is 0.222. The van der Waals surface area contributed by atoms with Gasteiger partial charge in [-0.2, -0.15) is 5.10 Å². The molecular weight excluding hydrogens is 394 g/mol. The first kappa shape index (κ1) is 18.2. The Kier molecular flexibility index (Phi) is 5.73. The molecular formula is C20H20BrN3O2. The molecule has 3 rings (SSSR count). The van der Waals surface area contributed by atoms with E-state index in [0.717, 1.165) is 15.6 Å². The van der Waals surface area contributed by atoms with Crippen LogP contribution in [0.15, 0.2) is 65.3 Å². The molecule has 0 bridgehead atoms. The van der Waals surface area contributed by atoms with Gasteiger partial charge < -0.3 is 10.1 Å². The lowest BCUT2D eigenvalue weighted by atomic mass is 10.2. The quantitative estimate of drug-likeness (QED) is 0.650. The SMILES string of the molecule is Cc1cccc(OC(C)C(=O)Nc2ccnn2Cc2ccccc2Br)c1. The average Bonchev–Trinajstić information content (AvgIpc) is 3.03. The summed E-state index contributed by atoms with van der Waals surface area (Å²) in [4.78, 5) is 12.5. The van der Waals surface area contributed by atoms with E-state index in [9.17, 15) is 4.79 Å².